The van der Waals surface area contributed by atoms with Gasteiger partial charge in [-0.25, -0.2) is 0 Å². The largest absolute Gasteiger partial charge is 0.272 e. The monoisotopic (exact) mass is 183 g/mol. The summed E-state index contributed by atoms with van der Waals surface area (Å²) in [5, 5.41) is 11.5. The highest BCUT2D eigenvalue weighted by Gasteiger charge is 1.90. The van der Waals surface area contributed by atoms with Crippen LogP contribution in [0.2, 0.25) is 0 Å². The normalized spacial score (nSPS) is 10.3. The van der Waals surface area contributed by atoms with E-state index in [0.717, 1.165) is 0 Å². The predicted octanol–water partition coefficient (Wildman–Crippen LogP) is 1.74. The minimum atomic E-state index is 0.632. The Labute approximate surface area is 77.6 Å². The molecule has 0 radical (unpaired) electrons. The van der Waals surface area contributed by atoms with Gasteiger partial charge in [0.1, 0.15) is 0 Å². The lowest BCUT2D eigenvalue weighted by Crippen LogP contribution is -2.13. The van der Waals surface area contributed by atoms with E-state index in [4.69, 9.17) is 5.26 Å². The Morgan fingerprint density at radius 1 is 1.67 bits per heavy atom. The highest BCUT2D eigenvalue weighted by molar-refractivity contribution is 8.13. The predicted molar refractivity (Wildman–Crippen MR) is 54.0 cm³/mol. The smallest absolute Gasteiger partial charge is 0.183 e. The van der Waals surface area contributed by atoms with Crippen molar-refractivity contribution in [3.8, 4) is 6.19 Å². The third-order valence-electron chi connectivity index (χ3n) is 1.09. The SMILES string of the molecule is CSC(=NCC=C(C)C)NC#N. The molecule has 0 saturated heterocycles. The highest BCUT2D eigenvalue weighted by atomic mass is 32.2. The molecule has 0 saturated carbocycles. The number of nitrogens with zero attached hydrogens (tertiary/aromatic N) is 2. The Morgan fingerprint density at radius 3 is 2.75 bits per heavy atom. The standard InChI is InChI=1S/C8H13N3S/c1-7(2)4-5-10-8(12-3)11-6-9/h4H,5H2,1-3H3,(H,10,11). The van der Waals surface area contributed by atoms with Gasteiger partial charge in [-0.15, -0.1) is 0 Å². The van der Waals surface area contributed by atoms with Crippen molar-refractivity contribution in [1.29, 1.82) is 5.26 Å². The summed E-state index contributed by atoms with van der Waals surface area (Å²) in [6.45, 7) is 4.67. The first kappa shape index (κ1) is 11.1. The summed E-state index contributed by atoms with van der Waals surface area (Å²) in [5.41, 5.74) is 1.23. The Bertz CT molecular complexity index is 221. The number of amidine groups is 1. The van der Waals surface area contributed by atoms with Crippen molar-refractivity contribution < 1.29 is 0 Å². The van der Waals surface area contributed by atoms with E-state index in [-0.39, 0.29) is 0 Å². The van der Waals surface area contributed by atoms with Crippen LogP contribution in [0.1, 0.15) is 13.8 Å². The molecular weight excluding hydrogens is 170 g/mol. The molecule has 12 heavy (non-hydrogen) atoms. The van der Waals surface area contributed by atoms with Gasteiger partial charge >= 0.3 is 0 Å². The van der Waals surface area contributed by atoms with Crippen LogP contribution in [0.5, 0.6) is 0 Å². The van der Waals surface area contributed by atoms with E-state index in [2.05, 4.69) is 10.3 Å². The van der Waals surface area contributed by atoms with Gasteiger partial charge in [-0.2, -0.15) is 5.26 Å². The van der Waals surface area contributed by atoms with Gasteiger partial charge in [0.2, 0.25) is 0 Å². The third kappa shape index (κ3) is 5.81. The van der Waals surface area contributed by atoms with Gasteiger partial charge in [-0.3, -0.25) is 10.3 Å². The Kier molecular flexibility index (Phi) is 6.21. The zero-order chi connectivity index (χ0) is 9.40. The molecule has 0 amide bonds. The molecule has 1 N–H and O–H groups in total. The van der Waals surface area contributed by atoms with E-state index in [9.17, 15) is 0 Å². The molecule has 0 rings (SSSR count). The van der Waals surface area contributed by atoms with E-state index >= 15 is 0 Å². The molecule has 0 aromatic rings. The first-order chi connectivity index (χ1) is 5.70. The van der Waals surface area contributed by atoms with Crippen LogP contribution in [-0.4, -0.2) is 18.0 Å². The van der Waals surface area contributed by atoms with Crippen LogP contribution < -0.4 is 5.32 Å². The molecule has 0 unspecified atom stereocenters. The number of thioether (sulfide) groups is 1. The van der Waals surface area contributed by atoms with E-state index in [0.29, 0.717) is 11.7 Å². The average molecular weight is 183 g/mol. The Balaban J connectivity index is 3.96. The summed E-state index contributed by atoms with van der Waals surface area (Å²) >= 11 is 1.43. The van der Waals surface area contributed by atoms with E-state index in [1.54, 1.807) is 0 Å². The molecule has 0 bridgehead atoms. The van der Waals surface area contributed by atoms with Crippen molar-refractivity contribution >= 4 is 16.9 Å². The number of allylic oxidation sites excluding steroid dienone is 1. The minimum Gasteiger partial charge on any atom is -0.272 e. The number of aliphatic imine (C=N–C) groups is 1. The number of hydrogen-bond acceptors (Lipinski definition) is 3. The first-order valence-electron chi connectivity index (χ1n) is 3.57. The van der Waals surface area contributed by atoms with Crippen molar-refractivity contribution in [3.63, 3.8) is 0 Å². The Hall–Kier alpha value is -0.950. The van der Waals surface area contributed by atoms with Crippen molar-refractivity contribution in [2.24, 2.45) is 4.99 Å². The second-order valence-corrected chi connectivity index (χ2v) is 3.16. The molecule has 0 aromatic carbocycles. The maximum Gasteiger partial charge on any atom is 0.183 e. The molecule has 0 aromatic heterocycles. The second kappa shape index (κ2) is 6.74. The van der Waals surface area contributed by atoms with Crippen molar-refractivity contribution in [3.05, 3.63) is 11.6 Å². The van der Waals surface area contributed by atoms with Gasteiger partial charge < -0.3 is 0 Å². The summed E-state index contributed by atoms with van der Waals surface area (Å²) in [6, 6.07) is 0. The van der Waals surface area contributed by atoms with E-state index < -0.39 is 0 Å². The van der Waals surface area contributed by atoms with Crippen LogP contribution in [0.15, 0.2) is 16.6 Å². The van der Waals surface area contributed by atoms with Crippen LogP contribution in [-0.2, 0) is 0 Å². The summed E-state index contributed by atoms with van der Waals surface area (Å²) in [5.74, 6) is 0. The molecule has 3 nitrogen and oxygen atoms in total. The fraction of sp³-hybridized carbons (Fsp3) is 0.500. The maximum absolute atomic E-state index is 8.31. The number of nitrogens with one attached hydrogen (secondary N) is 1. The summed E-state index contributed by atoms with van der Waals surface area (Å²) in [7, 11) is 0. The fourth-order valence-electron chi connectivity index (χ4n) is 0.514. The zero-order valence-electron chi connectivity index (χ0n) is 7.59. The lowest BCUT2D eigenvalue weighted by Gasteiger charge is -1.96. The molecule has 0 spiro atoms. The lowest BCUT2D eigenvalue weighted by molar-refractivity contribution is 1.17. The van der Waals surface area contributed by atoms with Gasteiger partial charge in [-0.1, -0.05) is 23.4 Å². The van der Waals surface area contributed by atoms with Crippen molar-refractivity contribution in [1.82, 2.24) is 5.32 Å². The lowest BCUT2D eigenvalue weighted by atomic mass is 10.3. The van der Waals surface area contributed by atoms with Gasteiger partial charge in [0.25, 0.3) is 0 Å². The topological polar surface area (TPSA) is 48.2 Å². The van der Waals surface area contributed by atoms with Crippen LogP contribution in [0, 0.1) is 11.5 Å². The highest BCUT2D eigenvalue weighted by Crippen LogP contribution is 1.95. The number of nitriles is 1. The zero-order valence-corrected chi connectivity index (χ0v) is 8.40. The molecule has 0 aliphatic rings. The molecule has 0 heterocycles. The van der Waals surface area contributed by atoms with Crippen LogP contribution in [0.25, 0.3) is 0 Å². The number of hydrogen-bond donors (Lipinski definition) is 1. The Morgan fingerprint density at radius 2 is 2.33 bits per heavy atom. The van der Waals surface area contributed by atoms with Crippen LogP contribution in [0.4, 0.5) is 0 Å². The molecule has 0 aliphatic carbocycles. The quantitative estimate of drug-likeness (QED) is 0.233. The van der Waals surface area contributed by atoms with Gasteiger partial charge in [0, 0.05) is 0 Å². The third-order valence-corrected chi connectivity index (χ3v) is 1.71. The second-order valence-electron chi connectivity index (χ2n) is 2.37. The summed E-state index contributed by atoms with van der Waals surface area (Å²) in [4.78, 5) is 4.14. The van der Waals surface area contributed by atoms with Crippen molar-refractivity contribution in [2.75, 3.05) is 12.8 Å². The van der Waals surface area contributed by atoms with Crippen LogP contribution in [0.3, 0.4) is 0 Å². The first-order valence-corrected chi connectivity index (χ1v) is 4.80. The minimum absolute atomic E-state index is 0.632. The van der Waals surface area contributed by atoms with E-state index in [1.165, 1.54) is 17.3 Å². The molecule has 0 fully saturated rings. The summed E-state index contributed by atoms with van der Waals surface area (Å²) < 4.78 is 0. The molecule has 0 atom stereocenters. The average Bonchev–Trinajstić information content (AvgIpc) is 2.02. The number of rotatable bonds is 2. The van der Waals surface area contributed by atoms with E-state index in [1.807, 2.05) is 32.4 Å². The molecule has 0 aliphatic heterocycles. The van der Waals surface area contributed by atoms with Gasteiger partial charge in [-0.05, 0) is 20.1 Å². The van der Waals surface area contributed by atoms with Gasteiger partial charge in [0.15, 0.2) is 11.4 Å². The van der Waals surface area contributed by atoms with Crippen molar-refractivity contribution in [2.45, 2.75) is 13.8 Å². The fourth-order valence-corrected chi connectivity index (χ4v) is 0.865. The molecular formula is C8H13N3S. The maximum atomic E-state index is 8.31. The molecule has 4 heteroatoms. The summed E-state index contributed by atoms with van der Waals surface area (Å²) in [6.07, 6.45) is 5.72. The van der Waals surface area contributed by atoms with Gasteiger partial charge in [0.05, 0.1) is 6.54 Å². The van der Waals surface area contributed by atoms with Crippen LogP contribution >= 0.6 is 11.8 Å². The molecule has 66 valence electrons.